The molecular weight excluding hydrogens is 296 g/mol. The highest BCUT2D eigenvalue weighted by atomic mass is 35.5. The Labute approximate surface area is 128 Å². The maximum Gasteiger partial charge on any atom is 0.0991 e. The van der Waals surface area contributed by atoms with Gasteiger partial charge < -0.3 is 20.3 Å². The molecule has 3 heterocycles. The van der Waals surface area contributed by atoms with E-state index in [1.54, 1.807) is 23.9 Å². The summed E-state index contributed by atoms with van der Waals surface area (Å²) in [6.45, 7) is 3.32. The van der Waals surface area contributed by atoms with Crippen molar-refractivity contribution in [2.75, 3.05) is 19.6 Å². The van der Waals surface area contributed by atoms with E-state index in [9.17, 15) is 5.11 Å². The summed E-state index contributed by atoms with van der Waals surface area (Å²) in [5.41, 5.74) is 1.15. The molecule has 5 nitrogen and oxygen atoms in total. The van der Waals surface area contributed by atoms with Gasteiger partial charge in [0.25, 0.3) is 0 Å². The zero-order chi connectivity index (χ0) is 13.1. The van der Waals surface area contributed by atoms with Crippen LogP contribution in [-0.2, 0) is 6.54 Å². The van der Waals surface area contributed by atoms with E-state index in [1.165, 1.54) is 4.88 Å². The summed E-state index contributed by atoms with van der Waals surface area (Å²) >= 11 is 1.74. The van der Waals surface area contributed by atoms with Crippen LogP contribution in [-0.4, -0.2) is 40.4 Å². The maximum absolute atomic E-state index is 9.71. The average molecular weight is 315 g/mol. The second-order valence-electron chi connectivity index (χ2n) is 4.86. The van der Waals surface area contributed by atoms with Crippen LogP contribution in [0.4, 0.5) is 0 Å². The predicted molar refractivity (Wildman–Crippen MR) is 82.8 cm³/mol. The van der Waals surface area contributed by atoms with Crippen LogP contribution in [0.25, 0.3) is 5.69 Å². The van der Waals surface area contributed by atoms with Crippen molar-refractivity contribution in [2.45, 2.75) is 12.6 Å². The molecule has 0 amide bonds. The number of halogens is 1. The number of hydrogen-bond donors (Lipinski definition) is 3. The Bertz CT molecular complexity index is 516. The molecule has 7 heteroatoms. The lowest BCUT2D eigenvalue weighted by Gasteiger charge is -2.13. The number of aliphatic hydroxyl groups excluding tert-OH is 1. The molecule has 20 heavy (non-hydrogen) atoms. The van der Waals surface area contributed by atoms with Crippen LogP contribution < -0.4 is 10.6 Å². The highest BCUT2D eigenvalue weighted by Gasteiger charge is 2.23. The van der Waals surface area contributed by atoms with Gasteiger partial charge in [0, 0.05) is 54.7 Å². The molecule has 1 saturated heterocycles. The molecular formula is C13H19ClN4OS. The van der Waals surface area contributed by atoms with Crippen LogP contribution >= 0.6 is 23.7 Å². The molecule has 2 aromatic rings. The quantitative estimate of drug-likeness (QED) is 0.771. The van der Waals surface area contributed by atoms with Gasteiger partial charge in [-0.3, -0.25) is 0 Å². The largest absolute Gasteiger partial charge is 0.391 e. The van der Waals surface area contributed by atoms with Crippen LogP contribution in [0.15, 0.2) is 30.2 Å². The first kappa shape index (κ1) is 15.5. The smallest absolute Gasteiger partial charge is 0.0991 e. The first-order valence-corrected chi connectivity index (χ1v) is 7.36. The fraction of sp³-hybridized carbons (Fsp3) is 0.462. The Morgan fingerprint density at radius 2 is 2.40 bits per heavy atom. The van der Waals surface area contributed by atoms with Crippen LogP contribution in [0, 0.1) is 5.92 Å². The first-order valence-electron chi connectivity index (χ1n) is 6.48. The van der Waals surface area contributed by atoms with Crippen molar-refractivity contribution in [1.29, 1.82) is 0 Å². The number of nitrogens with one attached hydrogen (secondary N) is 2. The summed E-state index contributed by atoms with van der Waals surface area (Å²) in [6, 6.07) is 2.17. The molecule has 3 rings (SSSR count). The Morgan fingerprint density at radius 3 is 3.10 bits per heavy atom. The molecule has 0 aromatic carbocycles. The van der Waals surface area contributed by atoms with E-state index in [0.29, 0.717) is 5.92 Å². The summed E-state index contributed by atoms with van der Waals surface area (Å²) in [4.78, 5) is 5.34. The van der Waals surface area contributed by atoms with Gasteiger partial charge in [-0.1, -0.05) is 0 Å². The molecule has 2 aromatic heterocycles. The minimum absolute atomic E-state index is 0. The van der Waals surface area contributed by atoms with Crippen molar-refractivity contribution in [2.24, 2.45) is 5.92 Å². The topological polar surface area (TPSA) is 62.1 Å². The number of β-amino-alcohol motifs (C(OH)–C–C–N with tert-alkyl or cyclic N) is 1. The third-order valence-electron chi connectivity index (χ3n) is 3.45. The second kappa shape index (κ2) is 7.19. The van der Waals surface area contributed by atoms with Crippen molar-refractivity contribution in [1.82, 2.24) is 20.2 Å². The van der Waals surface area contributed by atoms with E-state index in [4.69, 9.17) is 0 Å². The van der Waals surface area contributed by atoms with E-state index in [-0.39, 0.29) is 18.5 Å². The Hall–Kier alpha value is -0.920. The van der Waals surface area contributed by atoms with Gasteiger partial charge in [-0.05, 0) is 6.07 Å². The summed E-state index contributed by atoms with van der Waals surface area (Å²) < 4.78 is 2.00. The fourth-order valence-electron chi connectivity index (χ4n) is 2.32. The lowest BCUT2D eigenvalue weighted by Crippen LogP contribution is -2.29. The summed E-state index contributed by atoms with van der Waals surface area (Å²) in [7, 11) is 0. The molecule has 1 aliphatic heterocycles. The molecule has 0 radical (unpaired) electrons. The number of hydrogen-bond acceptors (Lipinski definition) is 5. The fourth-order valence-corrected chi connectivity index (χ4v) is 3.15. The highest BCUT2D eigenvalue weighted by Crippen LogP contribution is 2.18. The van der Waals surface area contributed by atoms with Crippen LogP contribution in [0.3, 0.4) is 0 Å². The van der Waals surface area contributed by atoms with E-state index in [1.807, 2.05) is 10.8 Å². The van der Waals surface area contributed by atoms with Gasteiger partial charge in [0.1, 0.15) is 0 Å². The number of aliphatic hydroxyl groups is 1. The van der Waals surface area contributed by atoms with Crippen LogP contribution in [0.2, 0.25) is 0 Å². The van der Waals surface area contributed by atoms with Gasteiger partial charge in [0.05, 0.1) is 18.1 Å². The van der Waals surface area contributed by atoms with Gasteiger partial charge in [0.2, 0.25) is 0 Å². The van der Waals surface area contributed by atoms with Crippen molar-refractivity contribution < 1.29 is 5.11 Å². The molecule has 3 N–H and O–H groups in total. The van der Waals surface area contributed by atoms with Gasteiger partial charge in [-0.15, -0.1) is 23.7 Å². The minimum Gasteiger partial charge on any atom is -0.391 e. The number of aromatic nitrogens is 2. The zero-order valence-electron chi connectivity index (χ0n) is 11.0. The van der Waals surface area contributed by atoms with Crippen molar-refractivity contribution >= 4 is 23.7 Å². The van der Waals surface area contributed by atoms with Crippen molar-refractivity contribution in [3.63, 3.8) is 0 Å². The number of thiophene rings is 1. The monoisotopic (exact) mass is 314 g/mol. The highest BCUT2D eigenvalue weighted by molar-refractivity contribution is 7.10. The van der Waals surface area contributed by atoms with Crippen molar-refractivity contribution in [3.8, 4) is 5.69 Å². The average Bonchev–Trinajstić information content (AvgIpc) is 3.11. The summed E-state index contributed by atoms with van der Waals surface area (Å²) in [6.07, 6.45) is 5.32. The Morgan fingerprint density at radius 1 is 1.50 bits per heavy atom. The van der Waals surface area contributed by atoms with Crippen LogP contribution in [0.1, 0.15) is 4.88 Å². The Kier molecular flexibility index (Phi) is 5.56. The number of imidazole rings is 1. The molecule has 110 valence electrons. The lowest BCUT2D eigenvalue weighted by atomic mass is 10.1. The van der Waals surface area contributed by atoms with E-state index in [0.717, 1.165) is 31.9 Å². The van der Waals surface area contributed by atoms with Gasteiger partial charge in [-0.2, -0.15) is 0 Å². The second-order valence-corrected chi connectivity index (χ2v) is 5.85. The zero-order valence-corrected chi connectivity index (χ0v) is 12.7. The van der Waals surface area contributed by atoms with E-state index >= 15 is 0 Å². The number of rotatable bonds is 5. The van der Waals surface area contributed by atoms with Gasteiger partial charge in [0.15, 0.2) is 0 Å². The SMILES string of the molecule is Cl.OC1CNCC1CNCc1cc(-n2ccnc2)cs1. The predicted octanol–water partition coefficient (Wildman–Crippen LogP) is 1.03. The summed E-state index contributed by atoms with van der Waals surface area (Å²) in [5, 5.41) is 18.4. The molecule has 1 fully saturated rings. The van der Waals surface area contributed by atoms with Gasteiger partial charge >= 0.3 is 0 Å². The molecule has 1 aliphatic rings. The van der Waals surface area contributed by atoms with E-state index < -0.39 is 0 Å². The standard InChI is InChI=1S/C13H18N4OS.ClH/c18-13-7-16-5-10(13)4-15-6-12-3-11(8-19-12)17-2-1-14-9-17;/h1-3,8-10,13,15-16,18H,4-7H2;1H. The third kappa shape index (κ3) is 3.59. The first-order chi connectivity index (χ1) is 9.33. The van der Waals surface area contributed by atoms with Crippen LogP contribution in [0.5, 0.6) is 0 Å². The molecule has 0 saturated carbocycles. The molecule has 0 bridgehead atoms. The molecule has 0 aliphatic carbocycles. The Balaban J connectivity index is 0.00000147. The van der Waals surface area contributed by atoms with Gasteiger partial charge in [-0.25, -0.2) is 4.98 Å². The molecule has 2 unspecified atom stereocenters. The lowest BCUT2D eigenvalue weighted by molar-refractivity contribution is 0.146. The van der Waals surface area contributed by atoms with Crippen molar-refractivity contribution in [3.05, 3.63) is 35.0 Å². The molecule has 2 atom stereocenters. The van der Waals surface area contributed by atoms with E-state index in [2.05, 4.69) is 27.1 Å². The number of nitrogens with zero attached hydrogens (tertiary/aromatic N) is 2. The summed E-state index contributed by atoms with van der Waals surface area (Å²) in [5.74, 6) is 0.327. The maximum atomic E-state index is 9.71. The normalized spacial score (nSPS) is 21.9. The third-order valence-corrected chi connectivity index (χ3v) is 4.38. The minimum atomic E-state index is -0.211. The molecule has 0 spiro atoms.